The summed E-state index contributed by atoms with van der Waals surface area (Å²) < 4.78 is 2.75. The number of nitrogens with zero attached hydrogens (tertiary/aromatic N) is 2. The molecule has 94 valence electrons. The number of imidazole rings is 1. The highest BCUT2D eigenvalue weighted by Gasteiger charge is 2.06. The third-order valence-electron chi connectivity index (χ3n) is 2.53. The summed E-state index contributed by atoms with van der Waals surface area (Å²) >= 11 is 0. The van der Waals surface area contributed by atoms with Gasteiger partial charge in [0.2, 0.25) is 5.91 Å². The van der Waals surface area contributed by atoms with Crippen molar-refractivity contribution in [2.45, 2.75) is 6.54 Å². The molecule has 1 aromatic heterocycles. The fourth-order valence-corrected chi connectivity index (χ4v) is 1.55. The molecule has 0 saturated heterocycles. The minimum Gasteiger partial charge on any atom is -0.399 e. The number of carbonyl (C=O) groups is 1. The van der Waals surface area contributed by atoms with Crippen LogP contribution in [-0.2, 0) is 18.4 Å². The van der Waals surface area contributed by atoms with E-state index in [0.29, 0.717) is 11.4 Å². The lowest BCUT2D eigenvalue weighted by Crippen LogP contribution is -2.28. The Kier molecular flexibility index (Phi) is 3.18. The Hall–Kier alpha value is -2.50. The number of benzene rings is 1. The first kappa shape index (κ1) is 12.0. The summed E-state index contributed by atoms with van der Waals surface area (Å²) in [7, 11) is 1.64. The fraction of sp³-hybridized carbons (Fsp3) is 0.167. The highest BCUT2D eigenvalue weighted by atomic mass is 16.2. The molecule has 0 bridgehead atoms. The molecular formula is C12H14N4O2. The van der Waals surface area contributed by atoms with Crippen LogP contribution in [0, 0.1) is 0 Å². The van der Waals surface area contributed by atoms with Gasteiger partial charge in [-0.1, -0.05) is 0 Å². The fourth-order valence-electron chi connectivity index (χ4n) is 1.55. The summed E-state index contributed by atoms with van der Waals surface area (Å²) in [4.78, 5) is 23.2. The Morgan fingerprint density at radius 3 is 2.50 bits per heavy atom. The average molecular weight is 246 g/mol. The zero-order valence-electron chi connectivity index (χ0n) is 9.96. The molecule has 3 N–H and O–H groups in total. The second-order valence-corrected chi connectivity index (χ2v) is 3.99. The highest BCUT2D eigenvalue weighted by molar-refractivity contribution is 5.90. The molecule has 6 nitrogen and oxygen atoms in total. The Morgan fingerprint density at radius 1 is 1.28 bits per heavy atom. The molecule has 2 aromatic rings. The molecule has 0 aliphatic heterocycles. The minimum absolute atomic E-state index is 0.00987. The van der Waals surface area contributed by atoms with Gasteiger partial charge >= 0.3 is 5.69 Å². The van der Waals surface area contributed by atoms with Crippen molar-refractivity contribution in [2.75, 3.05) is 11.1 Å². The van der Waals surface area contributed by atoms with E-state index in [1.165, 1.54) is 9.13 Å². The maximum absolute atomic E-state index is 11.7. The molecule has 1 amide bonds. The molecule has 0 aliphatic rings. The van der Waals surface area contributed by atoms with E-state index in [2.05, 4.69) is 5.32 Å². The predicted molar refractivity (Wildman–Crippen MR) is 69.2 cm³/mol. The lowest BCUT2D eigenvalue weighted by atomic mass is 10.3. The van der Waals surface area contributed by atoms with Gasteiger partial charge in [0.05, 0.1) is 0 Å². The number of hydrogen-bond acceptors (Lipinski definition) is 3. The molecule has 0 unspecified atom stereocenters. The molecule has 0 spiro atoms. The van der Waals surface area contributed by atoms with Crippen LogP contribution >= 0.6 is 0 Å². The smallest absolute Gasteiger partial charge is 0.328 e. The summed E-state index contributed by atoms with van der Waals surface area (Å²) in [6.07, 6.45) is 3.18. The Morgan fingerprint density at radius 2 is 1.94 bits per heavy atom. The molecule has 2 rings (SSSR count). The van der Waals surface area contributed by atoms with Gasteiger partial charge in [-0.15, -0.1) is 0 Å². The summed E-state index contributed by atoms with van der Waals surface area (Å²) in [6.45, 7) is -0.00987. The van der Waals surface area contributed by atoms with Gasteiger partial charge in [-0.05, 0) is 24.3 Å². The molecular weight excluding hydrogens is 232 g/mol. The van der Waals surface area contributed by atoms with Crippen molar-refractivity contribution in [1.82, 2.24) is 9.13 Å². The van der Waals surface area contributed by atoms with Crippen LogP contribution in [0.25, 0.3) is 0 Å². The van der Waals surface area contributed by atoms with Gasteiger partial charge in [-0.3, -0.25) is 9.36 Å². The van der Waals surface area contributed by atoms with Crippen LogP contribution in [-0.4, -0.2) is 15.0 Å². The number of amides is 1. The van der Waals surface area contributed by atoms with Crippen LogP contribution < -0.4 is 16.7 Å². The Bertz CT molecular complexity index is 610. The van der Waals surface area contributed by atoms with Gasteiger partial charge in [0, 0.05) is 30.8 Å². The van der Waals surface area contributed by atoms with Crippen molar-refractivity contribution in [3.63, 3.8) is 0 Å². The first-order valence-electron chi connectivity index (χ1n) is 5.43. The largest absolute Gasteiger partial charge is 0.399 e. The van der Waals surface area contributed by atoms with E-state index in [1.807, 2.05) is 0 Å². The van der Waals surface area contributed by atoms with E-state index in [4.69, 9.17) is 5.73 Å². The quantitative estimate of drug-likeness (QED) is 0.769. The van der Waals surface area contributed by atoms with Gasteiger partial charge in [0.1, 0.15) is 6.54 Å². The van der Waals surface area contributed by atoms with Crippen molar-refractivity contribution in [2.24, 2.45) is 7.05 Å². The third-order valence-corrected chi connectivity index (χ3v) is 2.53. The van der Waals surface area contributed by atoms with Gasteiger partial charge in [-0.2, -0.15) is 0 Å². The molecule has 1 aromatic carbocycles. The van der Waals surface area contributed by atoms with Crippen LogP contribution in [0.1, 0.15) is 0 Å². The molecule has 0 radical (unpaired) electrons. The number of hydrogen-bond donors (Lipinski definition) is 2. The number of nitrogens with one attached hydrogen (secondary N) is 1. The van der Waals surface area contributed by atoms with Crippen molar-refractivity contribution >= 4 is 17.3 Å². The predicted octanol–water partition coefficient (Wildman–Crippen LogP) is 0.408. The van der Waals surface area contributed by atoms with Crippen LogP contribution in [0.3, 0.4) is 0 Å². The number of carbonyl (C=O) groups excluding carboxylic acids is 1. The van der Waals surface area contributed by atoms with Gasteiger partial charge < -0.3 is 15.6 Å². The standard InChI is InChI=1S/C12H14N4O2/c1-15-6-7-16(12(15)18)8-11(17)14-10-4-2-9(13)3-5-10/h2-7H,8,13H2,1H3,(H,14,17). The van der Waals surface area contributed by atoms with Crippen LogP contribution in [0.2, 0.25) is 0 Å². The van der Waals surface area contributed by atoms with Crippen molar-refractivity contribution in [1.29, 1.82) is 0 Å². The van der Waals surface area contributed by atoms with Gasteiger partial charge in [0.25, 0.3) is 0 Å². The monoisotopic (exact) mass is 246 g/mol. The minimum atomic E-state index is -0.256. The lowest BCUT2D eigenvalue weighted by Gasteiger charge is -2.05. The van der Waals surface area contributed by atoms with E-state index >= 15 is 0 Å². The Balaban J connectivity index is 2.03. The zero-order chi connectivity index (χ0) is 13.1. The van der Waals surface area contributed by atoms with E-state index in [9.17, 15) is 9.59 Å². The number of anilines is 2. The summed E-state index contributed by atoms with van der Waals surface area (Å²) in [5.41, 5.74) is 6.61. The number of aromatic nitrogens is 2. The van der Waals surface area contributed by atoms with Crippen LogP contribution in [0.15, 0.2) is 41.5 Å². The zero-order valence-corrected chi connectivity index (χ0v) is 9.96. The maximum Gasteiger partial charge on any atom is 0.328 e. The van der Waals surface area contributed by atoms with Crippen molar-refractivity contribution < 1.29 is 4.79 Å². The molecule has 1 heterocycles. The average Bonchev–Trinajstić information content (AvgIpc) is 2.64. The van der Waals surface area contributed by atoms with Crippen molar-refractivity contribution in [3.8, 4) is 0 Å². The highest BCUT2D eigenvalue weighted by Crippen LogP contribution is 2.10. The molecule has 6 heteroatoms. The first-order valence-corrected chi connectivity index (χ1v) is 5.43. The Labute approximate surface area is 104 Å². The molecule has 0 atom stereocenters. The second kappa shape index (κ2) is 4.79. The second-order valence-electron chi connectivity index (χ2n) is 3.99. The van der Waals surface area contributed by atoms with E-state index in [1.54, 1.807) is 43.7 Å². The van der Waals surface area contributed by atoms with Gasteiger partial charge in [0.15, 0.2) is 0 Å². The topological polar surface area (TPSA) is 82.1 Å². The van der Waals surface area contributed by atoms with Crippen molar-refractivity contribution in [3.05, 3.63) is 47.1 Å². The third kappa shape index (κ3) is 2.60. The lowest BCUT2D eigenvalue weighted by molar-refractivity contribution is -0.116. The van der Waals surface area contributed by atoms with Crippen LogP contribution in [0.4, 0.5) is 11.4 Å². The van der Waals surface area contributed by atoms with Crippen LogP contribution in [0.5, 0.6) is 0 Å². The summed E-state index contributed by atoms with van der Waals surface area (Å²) in [5, 5.41) is 2.69. The molecule has 0 fully saturated rings. The van der Waals surface area contributed by atoms with E-state index in [-0.39, 0.29) is 18.1 Å². The van der Waals surface area contributed by atoms with Gasteiger partial charge in [-0.25, -0.2) is 4.79 Å². The number of aryl methyl sites for hydroxylation is 1. The summed E-state index contributed by atoms with van der Waals surface area (Å²) in [6, 6.07) is 6.82. The number of rotatable bonds is 3. The number of nitrogens with two attached hydrogens (primary N) is 1. The maximum atomic E-state index is 11.7. The number of nitrogen functional groups attached to an aromatic ring is 1. The summed E-state index contributed by atoms with van der Waals surface area (Å²) in [5.74, 6) is -0.256. The molecule has 0 saturated carbocycles. The van der Waals surface area contributed by atoms with E-state index < -0.39 is 0 Å². The molecule has 0 aliphatic carbocycles. The van der Waals surface area contributed by atoms with E-state index in [0.717, 1.165) is 0 Å². The normalized spacial score (nSPS) is 10.3. The SMILES string of the molecule is Cn1ccn(CC(=O)Nc2ccc(N)cc2)c1=O. The first-order chi connectivity index (χ1) is 8.56. The molecule has 18 heavy (non-hydrogen) atoms.